The molecule has 0 aliphatic heterocycles. The molecule has 10 heteroatoms. The SMILES string of the molecule is Cc1ccc2c(c1)c1cnc(Oc3[c-]c4c(nc3)c3ccncc3n4-c3ccccn3)[c-]c1c1nnc(-c3ccccc3C)n21.[Pt+2]. The Bertz CT molecular complexity index is 2610. The summed E-state index contributed by atoms with van der Waals surface area (Å²) < 4.78 is 10.4. The Labute approximate surface area is 276 Å². The second-order valence-electron chi connectivity index (χ2n) is 11.0. The molecule has 0 saturated heterocycles. The van der Waals surface area contributed by atoms with E-state index in [2.05, 4.69) is 85.9 Å². The molecular weight excluding hydrogens is 756 g/mol. The van der Waals surface area contributed by atoms with Crippen molar-refractivity contribution in [2.24, 2.45) is 0 Å². The number of rotatable bonds is 4. The number of aryl methyl sites for hydroxylation is 2. The Morgan fingerprint density at radius 1 is 0.739 bits per heavy atom. The molecular formula is C36H22N8OPt. The summed E-state index contributed by atoms with van der Waals surface area (Å²) in [6.07, 6.45) is 8.78. The van der Waals surface area contributed by atoms with Gasteiger partial charge < -0.3 is 18.7 Å². The molecule has 0 N–H and O–H groups in total. The van der Waals surface area contributed by atoms with Crippen molar-refractivity contribution in [1.29, 1.82) is 0 Å². The van der Waals surface area contributed by atoms with E-state index in [9.17, 15) is 0 Å². The summed E-state index contributed by atoms with van der Waals surface area (Å²) in [5.74, 6) is 2.17. The van der Waals surface area contributed by atoms with Crippen molar-refractivity contribution >= 4 is 49.3 Å². The first kappa shape index (κ1) is 28.0. The third kappa shape index (κ3) is 4.27. The van der Waals surface area contributed by atoms with Gasteiger partial charge in [0.1, 0.15) is 5.82 Å². The van der Waals surface area contributed by atoms with Crippen LogP contribution in [0.4, 0.5) is 0 Å². The zero-order valence-corrected chi connectivity index (χ0v) is 26.8. The van der Waals surface area contributed by atoms with Gasteiger partial charge in [0.2, 0.25) is 0 Å². The van der Waals surface area contributed by atoms with Gasteiger partial charge in [-0.15, -0.1) is 22.6 Å². The van der Waals surface area contributed by atoms with E-state index in [-0.39, 0.29) is 26.9 Å². The van der Waals surface area contributed by atoms with Crippen LogP contribution in [-0.2, 0) is 21.1 Å². The number of hydrogen-bond acceptors (Lipinski definition) is 7. The van der Waals surface area contributed by atoms with Crippen LogP contribution < -0.4 is 4.74 Å². The summed E-state index contributed by atoms with van der Waals surface area (Å²) in [7, 11) is 0. The molecule has 0 unspecified atom stereocenters. The van der Waals surface area contributed by atoms with Gasteiger partial charge >= 0.3 is 21.1 Å². The van der Waals surface area contributed by atoms with Crippen LogP contribution in [0.25, 0.3) is 66.5 Å². The first-order valence-electron chi connectivity index (χ1n) is 14.5. The second-order valence-corrected chi connectivity index (χ2v) is 11.0. The van der Waals surface area contributed by atoms with Crippen LogP contribution in [0.15, 0.2) is 97.7 Å². The molecule has 0 radical (unpaired) electrons. The van der Waals surface area contributed by atoms with E-state index in [0.717, 1.165) is 71.9 Å². The van der Waals surface area contributed by atoms with Crippen LogP contribution in [0.3, 0.4) is 0 Å². The van der Waals surface area contributed by atoms with E-state index in [0.29, 0.717) is 11.4 Å². The Morgan fingerprint density at radius 3 is 2.50 bits per heavy atom. The number of aromatic nitrogens is 8. The van der Waals surface area contributed by atoms with E-state index in [1.165, 1.54) is 0 Å². The number of pyridine rings is 5. The van der Waals surface area contributed by atoms with Gasteiger partial charge in [-0.25, -0.2) is 9.97 Å². The maximum absolute atomic E-state index is 6.29. The summed E-state index contributed by atoms with van der Waals surface area (Å²) in [5, 5.41) is 13.0. The summed E-state index contributed by atoms with van der Waals surface area (Å²) in [4.78, 5) is 18.3. The number of ether oxygens (including phenoxy) is 1. The summed E-state index contributed by atoms with van der Waals surface area (Å²) in [6.45, 7) is 4.16. The molecule has 46 heavy (non-hydrogen) atoms. The molecule has 0 aliphatic rings. The molecule has 222 valence electrons. The minimum absolute atomic E-state index is 0. The standard InChI is InChI=1S/C36H22N8O.Pt/c1-21-10-11-29-26(15-21)28-19-39-33(17-27(28)36-42-41-35(44(29)36)24-8-4-3-7-22(24)2)45-23-16-30-34(40-18-23)25-12-14-37-20-31(25)43(30)32-9-5-6-13-38-32;/h3-15,18-20H,1-2H3;/q-2;+2. The molecule has 0 amide bonds. The van der Waals surface area contributed by atoms with Gasteiger partial charge in [-0.1, -0.05) is 53.4 Å². The largest absolute Gasteiger partial charge is 2.00 e. The third-order valence-electron chi connectivity index (χ3n) is 8.15. The fraction of sp³-hybridized carbons (Fsp3) is 0.0556. The van der Waals surface area contributed by atoms with Gasteiger partial charge in [0.15, 0.2) is 11.7 Å². The normalized spacial score (nSPS) is 11.5. The molecule has 0 aliphatic carbocycles. The smallest absolute Gasteiger partial charge is 0.476 e. The molecule has 7 heterocycles. The van der Waals surface area contributed by atoms with E-state index in [1.54, 1.807) is 24.8 Å². The van der Waals surface area contributed by atoms with E-state index >= 15 is 0 Å². The van der Waals surface area contributed by atoms with E-state index < -0.39 is 0 Å². The van der Waals surface area contributed by atoms with Crippen LogP contribution in [0.1, 0.15) is 11.1 Å². The van der Waals surface area contributed by atoms with Crippen molar-refractivity contribution in [2.45, 2.75) is 13.8 Å². The van der Waals surface area contributed by atoms with Gasteiger partial charge in [0.05, 0.1) is 17.4 Å². The molecule has 2 aromatic carbocycles. The fourth-order valence-corrected chi connectivity index (χ4v) is 6.08. The van der Waals surface area contributed by atoms with Gasteiger partial charge in [0, 0.05) is 29.2 Å². The van der Waals surface area contributed by atoms with E-state index in [1.807, 2.05) is 47.2 Å². The van der Waals surface area contributed by atoms with Gasteiger partial charge in [-0.05, 0) is 77.9 Å². The fourth-order valence-electron chi connectivity index (χ4n) is 6.08. The summed E-state index contributed by atoms with van der Waals surface area (Å²) in [5.41, 5.74) is 7.32. The second kappa shape index (κ2) is 10.8. The van der Waals surface area contributed by atoms with Crippen LogP contribution in [-0.4, -0.2) is 39.1 Å². The molecule has 0 spiro atoms. The molecule has 0 atom stereocenters. The van der Waals surface area contributed by atoms with Crippen molar-refractivity contribution in [3.63, 3.8) is 0 Å². The Kier molecular flexibility index (Phi) is 6.58. The van der Waals surface area contributed by atoms with Gasteiger partial charge in [-0.3, -0.25) is 4.98 Å². The van der Waals surface area contributed by atoms with Gasteiger partial charge in [-0.2, -0.15) is 5.10 Å². The van der Waals surface area contributed by atoms with Crippen LogP contribution in [0, 0.1) is 26.0 Å². The topological polar surface area (TPSA) is 95.9 Å². The number of fused-ring (bicyclic) bond motifs is 9. The molecule has 0 bridgehead atoms. The molecule has 9 nitrogen and oxygen atoms in total. The average Bonchev–Trinajstić information content (AvgIpc) is 3.65. The Morgan fingerprint density at radius 2 is 1.63 bits per heavy atom. The summed E-state index contributed by atoms with van der Waals surface area (Å²) in [6, 6.07) is 29.1. The number of nitrogens with zero attached hydrogens (tertiary/aromatic N) is 8. The van der Waals surface area contributed by atoms with Crippen molar-refractivity contribution in [3.8, 4) is 28.8 Å². The minimum Gasteiger partial charge on any atom is -0.476 e. The van der Waals surface area contributed by atoms with Crippen LogP contribution in [0.5, 0.6) is 11.6 Å². The van der Waals surface area contributed by atoms with Crippen LogP contribution >= 0.6 is 0 Å². The number of benzene rings is 2. The average molecular weight is 778 g/mol. The van der Waals surface area contributed by atoms with Gasteiger partial charge in [0.25, 0.3) is 0 Å². The molecule has 0 saturated carbocycles. The molecule has 9 aromatic rings. The first-order chi connectivity index (χ1) is 22.1. The summed E-state index contributed by atoms with van der Waals surface area (Å²) >= 11 is 0. The minimum atomic E-state index is 0. The predicted octanol–water partition coefficient (Wildman–Crippen LogP) is 7.39. The monoisotopic (exact) mass is 777 g/mol. The zero-order chi connectivity index (χ0) is 30.1. The van der Waals surface area contributed by atoms with Crippen molar-refractivity contribution in [3.05, 3.63) is 121 Å². The third-order valence-corrected chi connectivity index (χ3v) is 8.15. The first-order valence-corrected chi connectivity index (χ1v) is 14.5. The van der Waals surface area contributed by atoms with E-state index in [4.69, 9.17) is 9.72 Å². The number of hydrogen-bond donors (Lipinski definition) is 0. The Hall–Kier alpha value is -5.53. The Balaban J connectivity index is 0.00000312. The van der Waals surface area contributed by atoms with Crippen molar-refractivity contribution in [1.82, 2.24) is 39.1 Å². The predicted molar refractivity (Wildman–Crippen MR) is 173 cm³/mol. The molecule has 7 aromatic heterocycles. The quantitative estimate of drug-likeness (QED) is 0.136. The van der Waals surface area contributed by atoms with Crippen molar-refractivity contribution in [2.75, 3.05) is 0 Å². The van der Waals surface area contributed by atoms with Crippen LogP contribution in [0.2, 0.25) is 0 Å². The zero-order valence-electron chi connectivity index (χ0n) is 24.5. The maximum Gasteiger partial charge on any atom is 2.00 e. The molecule has 9 rings (SSSR count). The molecule has 0 fully saturated rings. The maximum atomic E-state index is 6.29. The van der Waals surface area contributed by atoms with Crippen molar-refractivity contribution < 1.29 is 25.8 Å².